The Hall–Kier alpha value is -1.14. The van der Waals surface area contributed by atoms with Crippen LogP contribution in [0.15, 0.2) is 23.6 Å². The molecule has 1 rings (SSSR count). The van der Waals surface area contributed by atoms with Crippen LogP contribution in [0.3, 0.4) is 0 Å². The first-order valence-corrected chi connectivity index (χ1v) is 7.93. The molecule has 0 aliphatic heterocycles. The van der Waals surface area contributed by atoms with Crippen LogP contribution in [0, 0.1) is 0 Å². The Morgan fingerprint density at radius 2 is 2.10 bits per heavy atom. The van der Waals surface area contributed by atoms with Gasteiger partial charge in [0.1, 0.15) is 5.54 Å². The van der Waals surface area contributed by atoms with Crippen molar-refractivity contribution in [1.29, 1.82) is 0 Å². The van der Waals surface area contributed by atoms with E-state index in [2.05, 4.69) is 22.2 Å². The predicted molar refractivity (Wildman–Crippen MR) is 80.7 cm³/mol. The predicted octanol–water partition coefficient (Wildman–Crippen LogP) is 2.28. The lowest BCUT2D eigenvalue weighted by molar-refractivity contribution is -0.150. The highest BCUT2D eigenvalue weighted by atomic mass is 32.2. The zero-order chi connectivity index (χ0) is 14.8. The topological polar surface area (TPSA) is 64.1 Å². The molecule has 5 nitrogen and oxygen atoms in total. The Kier molecular flexibility index (Phi) is 7.54. The summed E-state index contributed by atoms with van der Waals surface area (Å²) in [6, 6.07) is 1.79. The minimum atomic E-state index is -0.645. The fourth-order valence-electron chi connectivity index (χ4n) is 1.66. The molecular formula is C14H23N3O2S. The van der Waals surface area contributed by atoms with Crippen LogP contribution >= 0.6 is 11.8 Å². The highest BCUT2D eigenvalue weighted by Crippen LogP contribution is 2.20. The number of carbonyl (C=O) groups is 1. The SMILES string of the molecule is CCCNC(C)(CCSc1ncccn1)C(=O)OCC. The molecule has 0 saturated carbocycles. The summed E-state index contributed by atoms with van der Waals surface area (Å²) in [6.45, 7) is 6.99. The van der Waals surface area contributed by atoms with E-state index in [1.807, 2.05) is 13.8 Å². The van der Waals surface area contributed by atoms with E-state index in [-0.39, 0.29) is 5.97 Å². The third-order valence-corrected chi connectivity index (χ3v) is 3.74. The van der Waals surface area contributed by atoms with Crippen LogP contribution in [0.25, 0.3) is 0 Å². The van der Waals surface area contributed by atoms with Gasteiger partial charge in [-0.05, 0) is 39.3 Å². The van der Waals surface area contributed by atoms with Crippen molar-refractivity contribution in [1.82, 2.24) is 15.3 Å². The molecule has 0 bridgehead atoms. The fraction of sp³-hybridized carbons (Fsp3) is 0.643. The largest absolute Gasteiger partial charge is 0.465 e. The average molecular weight is 297 g/mol. The number of hydrogen-bond donors (Lipinski definition) is 1. The van der Waals surface area contributed by atoms with E-state index in [0.29, 0.717) is 13.0 Å². The van der Waals surface area contributed by atoms with Crippen molar-refractivity contribution < 1.29 is 9.53 Å². The smallest absolute Gasteiger partial charge is 0.326 e. The van der Waals surface area contributed by atoms with Crippen LogP contribution in [0.5, 0.6) is 0 Å². The number of esters is 1. The molecule has 1 aromatic heterocycles. The molecule has 20 heavy (non-hydrogen) atoms. The molecule has 0 spiro atoms. The first-order chi connectivity index (χ1) is 9.62. The number of nitrogens with one attached hydrogen (secondary N) is 1. The Labute approximate surface area is 124 Å². The van der Waals surface area contributed by atoms with Gasteiger partial charge in [0.25, 0.3) is 0 Å². The minimum Gasteiger partial charge on any atom is -0.465 e. The normalized spacial score (nSPS) is 13.8. The Morgan fingerprint density at radius 1 is 1.40 bits per heavy atom. The van der Waals surface area contributed by atoms with E-state index >= 15 is 0 Å². The van der Waals surface area contributed by atoms with Crippen molar-refractivity contribution in [3.8, 4) is 0 Å². The summed E-state index contributed by atoms with van der Waals surface area (Å²) in [5, 5.41) is 4.02. The molecule has 0 aliphatic carbocycles. The maximum Gasteiger partial charge on any atom is 0.326 e. The molecule has 0 fully saturated rings. The molecule has 112 valence electrons. The molecule has 1 N–H and O–H groups in total. The van der Waals surface area contributed by atoms with Crippen molar-refractivity contribution in [2.45, 2.75) is 44.3 Å². The second-order valence-electron chi connectivity index (χ2n) is 4.61. The third-order valence-electron chi connectivity index (χ3n) is 2.87. The van der Waals surface area contributed by atoms with Crippen LogP contribution in [0.2, 0.25) is 0 Å². The van der Waals surface area contributed by atoms with E-state index in [0.717, 1.165) is 23.9 Å². The molecule has 0 aromatic carbocycles. The Morgan fingerprint density at radius 3 is 2.70 bits per heavy atom. The van der Waals surface area contributed by atoms with Gasteiger partial charge in [-0.2, -0.15) is 0 Å². The van der Waals surface area contributed by atoms with Crippen molar-refractivity contribution >= 4 is 17.7 Å². The van der Waals surface area contributed by atoms with Crippen molar-refractivity contribution in [3.63, 3.8) is 0 Å². The molecule has 1 unspecified atom stereocenters. The van der Waals surface area contributed by atoms with Crippen molar-refractivity contribution in [2.75, 3.05) is 18.9 Å². The van der Waals surface area contributed by atoms with Gasteiger partial charge >= 0.3 is 5.97 Å². The van der Waals surface area contributed by atoms with E-state index in [9.17, 15) is 4.79 Å². The van der Waals surface area contributed by atoms with Crippen LogP contribution in [-0.2, 0) is 9.53 Å². The van der Waals surface area contributed by atoms with Gasteiger partial charge in [0, 0.05) is 18.1 Å². The second kappa shape index (κ2) is 8.92. The lowest BCUT2D eigenvalue weighted by Crippen LogP contribution is -2.51. The third kappa shape index (κ3) is 5.46. The van der Waals surface area contributed by atoms with E-state index in [1.54, 1.807) is 30.2 Å². The van der Waals surface area contributed by atoms with Crippen LogP contribution in [0.4, 0.5) is 0 Å². The molecular weight excluding hydrogens is 274 g/mol. The first-order valence-electron chi connectivity index (χ1n) is 6.94. The summed E-state index contributed by atoms with van der Waals surface area (Å²) >= 11 is 1.55. The van der Waals surface area contributed by atoms with E-state index < -0.39 is 5.54 Å². The van der Waals surface area contributed by atoms with Crippen LogP contribution in [0.1, 0.15) is 33.6 Å². The second-order valence-corrected chi connectivity index (χ2v) is 5.67. The van der Waals surface area contributed by atoms with Gasteiger partial charge in [0.2, 0.25) is 0 Å². The number of rotatable bonds is 9. The molecule has 0 saturated heterocycles. The fourth-order valence-corrected chi connectivity index (χ4v) is 2.62. The number of nitrogens with zero attached hydrogens (tertiary/aromatic N) is 2. The van der Waals surface area contributed by atoms with E-state index in [4.69, 9.17) is 4.74 Å². The number of thioether (sulfide) groups is 1. The molecule has 1 atom stereocenters. The van der Waals surface area contributed by atoms with Crippen LogP contribution in [-0.4, -0.2) is 40.4 Å². The number of ether oxygens (including phenoxy) is 1. The molecule has 0 amide bonds. The Balaban J connectivity index is 2.53. The van der Waals surface area contributed by atoms with Gasteiger partial charge in [-0.1, -0.05) is 18.7 Å². The summed E-state index contributed by atoms with van der Waals surface area (Å²) in [7, 11) is 0. The molecule has 1 aromatic rings. The number of hydrogen-bond acceptors (Lipinski definition) is 6. The minimum absolute atomic E-state index is 0.192. The maximum atomic E-state index is 12.1. The highest BCUT2D eigenvalue weighted by Gasteiger charge is 2.33. The zero-order valence-corrected chi connectivity index (χ0v) is 13.2. The lowest BCUT2D eigenvalue weighted by atomic mass is 9.99. The number of aromatic nitrogens is 2. The standard InChI is InChI=1S/C14H23N3O2S/c1-4-8-17-14(3,12(18)19-5-2)7-11-20-13-15-9-6-10-16-13/h6,9-10,17H,4-5,7-8,11H2,1-3H3. The quantitative estimate of drug-likeness (QED) is 0.428. The van der Waals surface area contributed by atoms with Crippen molar-refractivity contribution in [2.24, 2.45) is 0 Å². The monoisotopic (exact) mass is 297 g/mol. The molecule has 1 heterocycles. The molecule has 0 radical (unpaired) electrons. The number of carbonyl (C=O) groups excluding carboxylic acids is 1. The Bertz CT molecular complexity index is 403. The van der Waals surface area contributed by atoms with E-state index in [1.165, 1.54) is 0 Å². The molecule has 0 aliphatic rings. The summed E-state index contributed by atoms with van der Waals surface area (Å²) in [5.41, 5.74) is -0.645. The summed E-state index contributed by atoms with van der Waals surface area (Å²) in [5.74, 6) is 0.568. The van der Waals surface area contributed by atoms with Gasteiger partial charge in [-0.25, -0.2) is 9.97 Å². The van der Waals surface area contributed by atoms with Gasteiger partial charge in [0.05, 0.1) is 6.61 Å². The summed E-state index contributed by atoms with van der Waals surface area (Å²) in [4.78, 5) is 20.4. The van der Waals surface area contributed by atoms with Gasteiger partial charge in [-0.15, -0.1) is 0 Å². The highest BCUT2D eigenvalue weighted by molar-refractivity contribution is 7.99. The summed E-state index contributed by atoms with van der Waals surface area (Å²) in [6.07, 6.45) is 5.09. The average Bonchev–Trinajstić information content (AvgIpc) is 2.46. The first kappa shape index (κ1) is 16.9. The summed E-state index contributed by atoms with van der Waals surface area (Å²) < 4.78 is 5.16. The van der Waals surface area contributed by atoms with Crippen molar-refractivity contribution in [3.05, 3.63) is 18.5 Å². The zero-order valence-electron chi connectivity index (χ0n) is 12.4. The van der Waals surface area contributed by atoms with Gasteiger partial charge in [-0.3, -0.25) is 4.79 Å². The molecule has 6 heteroatoms. The maximum absolute atomic E-state index is 12.1. The van der Waals surface area contributed by atoms with Gasteiger partial charge in [0.15, 0.2) is 5.16 Å². The van der Waals surface area contributed by atoms with Crippen LogP contribution < -0.4 is 5.32 Å². The lowest BCUT2D eigenvalue weighted by Gasteiger charge is -2.28. The van der Waals surface area contributed by atoms with Gasteiger partial charge < -0.3 is 10.1 Å².